The van der Waals surface area contributed by atoms with Crippen molar-refractivity contribution in [3.05, 3.63) is 47.8 Å². The standard InChI is InChI=1S/C14H17N5O3/c1-18(8-11-5-3-2-4-6-11)14(22)15-7-12-9-19(17-16-12)10-13(20)21/h2-6,9H,7-8,10H2,1H3,(H,15,22)(H,20,21). The van der Waals surface area contributed by atoms with Gasteiger partial charge in [-0.2, -0.15) is 0 Å². The number of hydrogen-bond acceptors (Lipinski definition) is 4. The molecule has 1 aromatic heterocycles. The second-order valence-corrected chi connectivity index (χ2v) is 4.80. The molecule has 2 amide bonds. The Kier molecular flexibility index (Phi) is 5.07. The van der Waals surface area contributed by atoms with Crippen molar-refractivity contribution in [3.63, 3.8) is 0 Å². The second-order valence-electron chi connectivity index (χ2n) is 4.80. The Labute approximate surface area is 127 Å². The quantitative estimate of drug-likeness (QED) is 0.818. The largest absolute Gasteiger partial charge is 0.480 e. The molecule has 8 heteroatoms. The van der Waals surface area contributed by atoms with Gasteiger partial charge >= 0.3 is 12.0 Å². The van der Waals surface area contributed by atoms with Crippen LogP contribution in [0.4, 0.5) is 4.79 Å². The van der Waals surface area contributed by atoms with Crippen LogP contribution in [0.15, 0.2) is 36.5 Å². The van der Waals surface area contributed by atoms with E-state index in [1.807, 2.05) is 30.3 Å². The zero-order valence-corrected chi connectivity index (χ0v) is 12.1. The summed E-state index contributed by atoms with van der Waals surface area (Å²) in [5.41, 5.74) is 1.54. The van der Waals surface area contributed by atoms with Gasteiger partial charge in [-0.25, -0.2) is 9.48 Å². The summed E-state index contributed by atoms with van der Waals surface area (Å²) in [6.07, 6.45) is 1.49. The Morgan fingerprint density at radius 3 is 2.73 bits per heavy atom. The normalized spacial score (nSPS) is 10.2. The van der Waals surface area contributed by atoms with Crippen molar-refractivity contribution >= 4 is 12.0 Å². The van der Waals surface area contributed by atoms with Gasteiger partial charge in [-0.15, -0.1) is 5.10 Å². The molecule has 0 fully saturated rings. The Balaban J connectivity index is 1.81. The molecule has 0 aliphatic heterocycles. The van der Waals surface area contributed by atoms with Crippen LogP contribution in [-0.2, 0) is 24.4 Å². The smallest absolute Gasteiger partial charge is 0.325 e. The number of nitrogens with zero attached hydrogens (tertiary/aromatic N) is 4. The Hall–Kier alpha value is -2.90. The first-order chi connectivity index (χ1) is 10.5. The molecule has 1 heterocycles. The summed E-state index contributed by atoms with van der Waals surface area (Å²) in [6, 6.07) is 9.41. The summed E-state index contributed by atoms with van der Waals surface area (Å²) in [4.78, 5) is 24.1. The van der Waals surface area contributed by atoms with E-state index in [4.69, 9.17) is 5.11 Å². The fraction of sp³-hybridized carbons (Fsp3) is 0.286. The molecule has 2 aromatic rings. The van der Waals surface area contributed by atoms with E-state index in [0.29, 0.717) is 12.2 Å². The minimum atomic E-state index is -0.997. The van der Waals surface area contributed by atoms with Gasteiger partial charge in [0.15, 0.2) is 0 Å². The number of amides is 2. The van der Waals surface area contributed by atoms with Crippen LogP contribution in [-0.4, -0.2) is 44.0 Å². The fourth-order valence-electron chi connectivity index (χ4n) is 1.87. The van der Waals surface area contributed by atoms with Crippen molar-refractivity contribution < 1.29 is 14.7 Å². The molecule has 0 atom stereocenters. The van der Waals surface area contributed by atoms with Gasteiger partial charge < -0.3 is 15.3 Å². The minimum Gasteiger partial charge on any atom is -0.480 e. The highest BCUT2D eigenvalue weighted by Gasteiger charge is 2.10. The zero-order chi connectivity index (χ0) is 15.9. The molecule has 0 aliphatic carbocycles. The first kappa shape index (κ1) is 15.5. The van der Waals surface area contributed by atoms with E-state index in [0.717, 1.165) is 5.56 Å². The minimum absolute atomic E-state index is 0.192. The molecule has 0 unspecified atom stereocenters. The number of urea groups is 1. The van der Waals surface area contributed by atoms with Crippen LogP contribution in [0.5, 0.6) is 0 Å². The molecule has 8 nitrogen and oxygen atoms in total. The fourth-order valence-corrected chi connectivity index (χ4v) is 1.87. The highest BCUT2D eigenvalue weighted by atomic mass is 16.4. The lowest BCUT2D eigenvalue weighted by molar-refractivity contribution is -0.137. The van der Waals surface area contributed by atoms with Crippen LogP contribution >= 0.6 is 0 Å². The molecule has 2 N–H and O–H groups in total. The second kappa shape index (κ2) is 7.21. The summed E-state index contributed by atoms with van der Waals surface area (Å²) in [5, 5.41) is 18.8. The third kappa shape index (κ3) is 4.58. The van der Waals surface area contributed by atoms with E-state index in [9.17, 15) is 9.59 Å². The van der Waals surface area contributed by atoms with E-state index < -0.39 is 5.97 Å². The lowest BCUT2D eigenvalue weighted by Crippen LogP contribution is -2.36. The van der Waals surface area contributed by atoms with Crippen LogP contribution in [0.1, 0.15) is 11.3 Å². The predicted molar refractivity (Wildman–Crippen MR) is 77.8 cm³/mol. The molecule has 0 radical (unpaired) electrons. The summed E-state index contributed by atoms with van der Waals surface area (Å²) in [6.45, 7) is 0.435. The van der Waals surface area contributed by atoms with E-state index in [2.05, 4.69) is 15.6 Å². The van der Waals surface area contributed by atoms with E-state index >= 15 is 0 Å². The monoisotopic (exact) mass is 303 g/mol. The lowest BCUT2D eigenvalue weighted by atomic mass is 10.2. The molecule has 0 aliphatic rings. The molecule has 116 valence electrons. The number of rotatable bonds is 6. The number of carbonyl (C=O) groups excluding carboxylic acids is 1. The van der Waals surface area contributed by atoms with Crippen LogP contribution in [0, 0.1) is 0 Å². The van der Waals surface area contributed by atoms with Crippen LogP contribution in [0.3, 0.4) is 0 Å². The van der Waals surface area contributed by atoms with E-state index in [1.165, 1.54) is 10.9 Å². The maximum Gasteiger partial charge on any atom is 0.325 e. The molecule has 22 heavy (non-hydrogen) atoms. The zero-order valence-electron chi connectivity index (χ0n) is 12.1. The van der Waals surface area contributed by atoms with Crippen molar-refractivity contribution in [2.24, 2.45) is 0 Å². The summed E-state index contributed by atoms with van der Waals surface area (Å²) in [5.74, 6) is -0.997. The number of carboxylic acid groups (broad SMARTS) is 1. The number of carbonyl (C=O) groups is 2. The van der Waals surface area contributed by atoms with Crippen LogP contribution in [0.25, 0.3) is 0 Å². The van der Waals surface area contributed by atoms with E-state index in [-0.39, 0.29) is 19.1 Å². The Bertz CT molecular complexity index is 641. The first-order valence-electron chi connectivity index (χ1n) is 6.68. The van der Waals surface area contributed by atoms with Crippen LogP contribution < -0.4 is 5.32 Å². The van der Waals surface area contributed by atoms with Gasteiger partial charge in [0.05, 0.1) is 12.7 Å². The molecule has 0 saturated carbocycles. The number of aromatic nitrogens is 3. The molecule has 0 bridgehead atoms. The third-order valence-electron chi connectivity index (χ3n) is 2.91. The number of benzene rings is 1. The maximum atomic E-state index is 12.0. The first-order valence-corrected chi connectivity index (χ1v) is 6.68. The van der Waals surface area contributed by atoms with Crippen molar-refractivity contribution in [3.8, 4) is 0 Å². The van der Waals surface area contributed by atoms with Gasteiger partial charge in [-0.1, -0.05) is 35.5 Å². The van der Waals surface area contributed by atoms with Gasteiger partial charge in [-0.3, -0.25) is 4.79 Å². The SMILES string of the molecule is CN(Cc1ccccc1)C(=O)NCc1cn(CC(=O)O)nn1. The molecule has 1 aromatic carbocycles. The van der Waals surface area contributed by atoms with Gasteiger partial charge in [-0.05, 0) is 5.56 Å². The van der Waals surface area contributed by atoms with Gasteiger partial charge in [0.1, 0.15) is 12.2 Å². The third-order valence-corrected chi connectivity index (χ3v) is 2.91. The number of hydrogen-bond donors (Lipinski definition) is 2. The van der Waals surface area contributed by atoms with Crippen molar-refractivity contribution in [1.29, 1.82) is 0 Å². The van der Waals surface area contributed by atoms with Gasteiger partial charge in [0, 0.05) is 13.6 Å². The highest BCUT2D eigenvalue weighted by Crippen LogP contribution is 2.03. The maximum absolute atomic E-state index is 12.0. The predicted octanol–water partition coefficient (Wildman–Crippen LogP) is 0.704. The van der Waals surface area contributed by atoms with Crippen molar-refractivity contribution in [2.75, 3.05) is 7.05 Å². The van der Waals surface area contributed by atoms with Crippen molar-refractivity contribution in [2.45, 2.75) is 19.6 Å². The Morgan fingerprint density at radius 1 is 1.32 bits per heavy atom. The van der Waals surface area contributed by atoms with Crippen LogP contribution in [0.2, 0.25) is 0 Å². The molecule has 0 saturated heterocycles. The molecule has 0 spiro atoms. The highest BCUT2D eigenvalue weighted by molar-refractivity contribution is 5.73. The van der Waals surface area contributed by atoms with Gasteiger partial charge in [0.25, 0.3) is 0 Å². The summed E-state index contributed by atoms with van der Waals surface area (Å²) < 4.78 is 1.21. The summed E-state index contributed by atoms with van der Waals surface area (Å²) in [7, 11) is 1.70. The Morgan fingerprint density at radius 2 is 2.05 bits per heavy atom. The van der Waals surface area contributed by atoms with Gasteiger partial charge in [0.2, 0.25) is 0 Å². The number of carboxylic acids is 1. The lowest BCUT2D eigenvalue weighted by Gasteiger charge is -2.17. The molecular formula is C14H17N5O3. The van der Waals surface area contributed by atoms with Crippen molar-refractivity contribution in [1.82, 2.24) is 25.2 Å². The molecular weight excluding hydrogens is 286 g/mol. The average molecular weight is 303 g/mol. The molecule has 2 rings (SSSR count). The number of nitrogens with one attached hydrogen (secondary N) is 1. The number of aliphatic carboxylic acids is 1. The topological polar surface area (TPSA) is 100 Å². The summed E-state index contributed by atoms with van der Waals surface area (Å²) >= 11 is 0. The average Bonchev–Trinajstić information content (AvgIpc) is 2.92. The van der Waals surface area contributed by atoms with E-state index in [1.54, 1.807) is 11.9 Å².